The topological polar surface area (TPSA) is 90.4 Å². The van der Waals surface area contributed by atoms with E-state index in [2.05, 4.69) is 4.98 Å². The number of rotatable bonds is 1. The summed E-state index contributed by atoms with van der Waals surface area (Å²) in [4.78, 5) is 25.0. The largest absolute Gasteiger partial charge is 0.508 e. The van der Waals surface area contributed by atoms with E-state index in [1.807, 2.05) is 0 Å². The number of aromatic amines is 1. The Balaban J connectivity index is 2.94. The molecule has 2 rings (SSSR count). The number of benzene rings is 1. The number of pyridine rings is 1. The number of H-pyrrole nitrogens is 1. The third-order valence-corrected chi connectivity index (χ3v) is 2.47. The lowest BCUT2D eigenvalue weighted by Crippen LogP contribution is -2.10. The van der Waals surface area contributed by atoms with E-state index >= 15 is 0 Å². The molecule has 16 heavy (non-hydrogen) atoms. The number of carbonyl (C=O) groups is 1. The molecule has 2 aromatic rings. The fourth-order valence-electron chi connectivity index (χ4n) is 1.56. The molecular formula is C11H9NO4. The first-order chi connectivity index (χ1) is 7.50. The fourth-order valence-corrected chi connectivity index (χ4v) is 1.56. The number of aromatic nitrogens is 1. The first kappa shape index (κ1) is 10.2. The summed E-state index contributed by atoms with van der Waals surface area (Å²) in [5.41, 5.74) is 0.239. The van der Waals surface area contributed by atoms with Crippen molar-refractivity contribution >= 4 is 16.9 Å². The highest BCUT2D eigenvalue weighted by Gasteiger charge is 2.10. The SMILES string of the molecule is Cc1c(O)ccc2c(=O)cc(C(=O)O)[nH]c12. The molecule has 1 aromatic carbocycles. The van der Waals surface area contributed by atoms with Gasteiger partial charge in [-0.25, -0.2) is 4.79 Å². The van der Waals surface area contributed by atoms with Crippen molar-refractivity contribution in [1.29, 1.82) is 0 Å². The molecule has 0 radical (unpaired) electrons. The normalized spacial score (nSPS) is 10.6. The minimum absolute atomic E-state index is 0.0192. The van der Waals surface area contributed by atoms with Gasteiger partial charge in [-0.1, -0.05) is 0 Å². The number of fused-ring (bicyclic) bond motifs is 1. The van der Waals surface area contributed by atoms with Crippen molar-refractivity contribution in [3.05, 3.63) is 39.7 Å². The Labute approximate surface area is 90.0 Å². The molecule has 3 N–H and O–H groups in total. The second-order valence-electron chi connectivity index (χ2n) is 3.48. The maximum Gasteiger partial charge on any atom is 0.352 e. The van der Waals surface area contributed by atoms with Crippen molar-refractivity contribution in [3.8, 4) is 5.75 Å². The highest BCUT2D eigenvalue weighted by Crippen LogP contribution is 2.22. The summed E-state index contributed by atoms with van der Waals surface area (Å²) in [7, 11) is 0. The van der Waals surface area contributed by atoms with Crippen LogP contribution in [0.25, 0.3) is 10.9 Å². The second-order valence-corrected chi connectivity index (χ2v) is 3.48. The first-order valence-corrected chi connectivity index (χ1v) is 4.59. The average Bonchev–Trinajstić information content (AvgIpc) is 2.23. The molecule has 0 unspecified atom stereocenters. The number of phenolic OH excluding ortho intramolecular Hbond substituents is 1. The van der Waals surface area contributed by atoms with Gasteiger partial charge in [-0.15, -0.1) is 0 Å². The molecule has 0 bridgehead atoms. The van der Waals surface area contributed by atoms with E-state index < -0.39 is 5.97 Å². The minimum atomic E-state index is -1.21. The van der Waals surface area contributed by atoms with E-state index in [1.54, 1.807) is 6.92 Å². The van der Waals surface area contributed by atoms with Gasteiger partial charge in [-0.2, -0.15) is 0 Å². The number of aryl methyl sites for hydroxylation is 1. The van der Waals surface area contributed by atoms with Crippen LogP contribution in [-0.4, -0.2) is 21.2 Å². The maximum atomic E-state index is 11.6. The van der Waals surface area contributed by atoms with Crippen LogP contribution in [0.3, 0.4) is 0 Å². The van der Waals surface area contributed by atoms with Crippen molar-refractivity contribution in [2.45, 2.75) is 6.92 Å². The molecule has 0 saturated carbocycles. The molecule has 0 atom stereocenters. The predicted molar refractivity (Wildman–Crippen MR) is 57.9 cm³/mol. The fraction of sp³-hybridized carbons (Fsp3) is 0.0909. The number of aromatic carboxylic acids is 1. The number of nitrogens with one attached hydrogen (secondary N) is 1. The number of carboxylic acid groups (broad SMARTS) is 1. The number of phenols is 1. The summed E-state index contributed by atoms with van der Waals surface area (Å²) in [6, 6.07) is 3.90. The lowest BCUT2D eigenvalue weighted by Gasteiger charge is -2.05. The van der Waals surface area contributed by atoms with E-state index in [1.165, 1.54) is 12.1 Å². The van der Waals surface area contributed by atoms with Gasteiger partial charge < -0.3 is 15.2 Å². The Morgan fingerprint density at radius 2 is 2.06 bits per heavy atom. The van der Waals surface area contributed by atoms with Crippen LogP contribution in [0.1, 0.15) is 16.1 Å². The molecule has 0 saturated heterocycles. The lowest BCUT2D eigenvalue weighted by molar-refractivity contribution is 0.0691. The van der Waals surface area contributed by atoms with E-state index in [9.17, 15) is 14.7 Å². The zero-order valence-corrected chi connectivity index (χ0v) is 8.44. The van der Waals surface area contributed by atoms with Crippen molar-refractivity contribution in [3.63, 3.8) is 0 Å². The van der Waals surface area contributed by atoms with Gasteiger partial charge in [0.05, 0.1) is 5.52 Å². The molecule has 5 heteroatoms. The summed E-state index contributed by atoms with van der Waals surface area (Å²) < 4.78 is 0. The van der Waals surface area contributed by atoms with E-state index in [0.29, 0.717) is 16.5 Å². The molecule has 82 valence electrons. The van der Waals surface area contributed by atoms with Crippen molar-refractivity contribution in [1.82, 2.24) is 4.98 Å². The Bertz CT molecular complexity index is 642. The lowest BCUT2D eigenvalue weighted by atomic mass is 10.1. The summed E-state index contributed by atoms with van der Waals surface area (Å²) in [5.74, 6) is -1.19. The Morgan fingerprint density at radius 1 is 1.38 bits per heavy atom. The smallest absolute Gasteiger partial charge is 0.352 e. The molecule has 0 fully saturated rings. The molecule has 5 nitrogen and oxygen atoms in total. The van der Waals surface area contributed by atoms with Gasteiger partial charge in [-0.05, 0) is 19.1 Å². The highest BCUT2D eigenvalue weighted by molar-refractivity contribution is 5.91. The van der Waals surface area contributed by atoms with Gasteiger partial charge in [0.25, 0.3) is 0 Å². The van der Waals surface area contributed by atoms with Gasteiger partial charge >= 0.3 is 5.97 Å². The minimum Gasteiger partial charge on any atom is -0.508 e. The van der Waals surface area contributed by atoms with Crippen molar-refractivity contribution in [2.75, 3.05) is 0 Å². The maximum absolute atomic E-state index is 11.6. The Hall–Kier alpha value is -2.30. The molecular weight excluding hydrogens is 210 g/mol. The molecule has 0 aliphatic heterocycles. The van der Waals surface area contributed by atoms with Crippen LogP contribution in [0.15, 0.2) is 23.0 Å². The van der Waals surface area contributed by atoms with E-state index in [0.717, 1.165) is 6.07 Å². The monoisotopic (exact) mass is 219 g/mol. The van der Waals surface area contributed by atoms with Crippen LogP contribution < -0.4 is 5.43 Å². The van der Waals surface area contributed by atoms with Gasteiger partial charge in [0.15, 0.2) is 5.43 Å². The Morgan fingerprint density at radius 3 is 2.69 bits per heavy atom. The van der Waals surface area contributed by atoms with Crippen LogP contribution >= 0.6 is 0 Å². The third-order valence-electron chi connectivity index (χ3n) is 2.47. The molecule has 0 amide bonds. The summed E-state index contributed by atoms with van der Waals surface area (Å²) in [6.07, 6.45) is 0. The summed E-state index contributed by atoms with van der Waals surface area (Å²) in [5, 5.41) is 18.6. The zero-order valence-electron chi connectivity index (χ0n) is 8.44. The van der Waals surface area contributed by atoms with E-state index in [4.69, 9.17) is 5.11 Å². The predicted octanol–water partition coefficient (Wildman–Crippen LogP) is 1.24. The molecule has 0 aliphatic carbocycles. The van der Waals surface area contributed by atoms with Crippen LogP contribution in [0, 0.1) is 6.92 Å². The van der Waals surface area contributed by atoms with Crippen molar-refractivity contribution < 1.29 is 15.0 Å². The highest BCUT2D eigenvalue weighted by atomic mass is 16.4. The number of carboxylic acids is 1. The number of hydrogen-bond donors (Lipinski definition) is 3. The number of hydrogen-bond acceptors (Lipinski definition) is 3. The van der Waals surface area contributed by atoms with Gasteiger partial charge in [0.2, 0.25) is 0 Å². The number of aromatic hydroxyl groups is 1. The summed E-state index contributed by atoms with van der Waals surface area (Å²) in [6.45, 7) is 1.61. The second kappa shape index (κ2) is 3.37. The first-order valence-electron chi connectivity index (χ1n) is 4.59. The summed E-state index contributed by atoms with van der Waals surface area (Å²) >= 11 is 0. The van der Waals surface area contributed by atoms with Crippen molar-refractivity contribution in [2.24, 2.45) is 0 Å². The molecule has 1 heterocycles. The van der Waals surface area contributed by atoms with Gasteiger partial charge in [0, 0.05) is 17.0 Å². The third kappa shape index (κ3) is 1.42. The molecule has 0 aliphatic rings. The quantitative estimate of drug-likeness (QED) is 0.673. The average molecular weight is 219 g/mol. The zero-order chi connectivity index (χ0) is 11.9. The molecule has 1 aromatic heterocycles. The van der Waals surface area contributed by atoms with Crippen LogP contribution in [0.4, 0.5) is 0 Å². The molecule has 0 spiro atoms. The van der Waals surface area contributed by atoms with E-state index in [-0.39, 0.29) is 16.9 Å². The van der Waals surface area contributed by atoms with Gasteiger partial charge in [-0.3, -0.25) is 4.79 Å². The standard InChI is InChI=1S/C11H9NO4/c1-5-8(13)3-2-6-9(14)4-7(11(15)16)12-10(5)6/h2-4,13H,1H3,(H,12,14)(H,15,16). The van der Waals surface area contributed by atoms with Gasteiger partial charge in [0.1, 0.15) is 11.4 Å². The van der Waals surface area contributed by atoms with Crippen LogP contribution in [-0.2, 0) is 0 Å². The Kier molecular flexibility index (Phi) is 2.16. The van der Waals surface area contributed by atoms with Crippen LogP contribution in [0.2, 0.25) is 0 Å². The van der Waals surface area contributed by atoms with Crippen LogP contribution in [0.5, 0.6) is 5.75 Å².